The zero-order valence-electron chi connectivity index (χ0n) is 8.16. The Hall–Kier alpha value is -1.06. The molecule has 1 fully saturated rings. The summed E-state index contributed by atoms with van der Waals surface area (Å²) in [7, 11) is 0. The van der Waals surface area contributed by atoms with Crippen molar-refractivity contribution in [3.05, 3.63) is 29.8 Å². The summed E-state index contributed by atoms with van der Waals surface area (Å²) < 4.78 is 0. The molecule has 3 rings (SSSR count). The SMILES string of the molecule is c1ccc2c(c1)CCN2C1NCCN1. The Balaban J connectivity index is 1.89. The predicted octanol–water partition coefficient (Wildman–Crippen LogP) is 0.525. The van der Waals surface area contributed by atoms with Crippen molar-refractivity contribution in [1.82, 2.24) is 10.6 Å². The second-order valence-corrected chi connectivity index (χ2v) is 3.88. The van der Waals surface area contributed by atoms with Crippen molar-refractivity contribution in [3.63, 3.8) is 0 Å². The van der Waals surface area contributed by atoms with Gasteiger partial charge in [0.2, 0.25) is 0 Å². The number of nitrogens with one attached hydrogen (secondary N) is 2. The van der Waals surface area contributed by atoms with Crippen molar-refractivity contribution in [2.75, 3.05) is 24.5 Å². The molecular weight excluding hydrogens is 174 g/mol. The monoisotopic (exact) mass is 189 g/mol. The first-order valence-corrected chi connectivity index (χ1v) is 5.26. The summed E-state index contributed by atoms with van der Waals surface area (Å²) in [5, 5.41) is 6.91. The Bertz CT molecular complexity index is 331. The Morgan fingerprint density at radius 3 is 2.79 bits per heavy atom. The highest BCUT2D eigenvalue weighted by molar-refractivity contribution is 5.58. The molecule has 2 aliphatic heterocycles. The second kappa shape index (κ2) is 3.26. The second-order valence-electron chi connectivity index (χ2n) is 3.88. The topological polar surface area (TPSA) is 27.3 Å². The molecule has 0 amide bonds. The van der Waals surface area contributed by atoms with Crippen molar-refractivity contribution < 1.29 is 0 Å². The molecule has 0 saturated carbocycles. The highest BCUT2D eigenvalue weighted by Gasteiger charge is 2.26. The standard InChI is InChI=1S/C11H15N3/c1-2-4-10-9(3-1)5-8-14(10)11-12-6-7-13-11/h1-4,11-13H,5-8H2. The van der Waals surface area contributed by atoms with Crippen LogP contribution >= 0.6 is 0 Å². The largest absolute Gasteiger partial charge is 0.343 e. The van der Waals surface area contributed by atoms with E-state index in [2.05, 4.69) is 39.8 Å². The summed E-state index contributed by atoms with van der Waals surface area (Å²) in [6, 6.07) is 8.68. The summed E-state index contributed by atoms with van der Waals surface area (Å²) in [5.74, 6) is 0. The number of hydrogen-bond acceptors (Lipinski definition) is 3. The van der Waals surface area contributed by atoms with E-state index in [1.165, 1.54) is 17.7 Å². The number of anilines is 1. The van der Waals surface area contributed by atoms with Crippen LogP contribution in [0, 0.1) is 0 Å². The first kappa shape index (κ1) is 8.26. The Morgan fingerprint density at radius 1 is 1.14 bits per heavy atom. The molecule has 0 aliphatic carbocycles. The lowest BCUT2D eigenvalue weighted by atomic mass is 10.2. The van der Waals surface area contributed by atoms with Crippen LogP contribution in [0.5, 0.6) is 0 Å². The molecule has 2 aliphatic rings. The zero-order chi connectivity index (χ0) is 9.38. The Labute approximate surface area is 84.1 Å². The lowest BCUT2D eigenvalue weighted by Crippen LogP contribution is -2.47. The van der Waals surface area contributed by atoms with E-state index in [1.807, 2.05) is 0 Å². The first-order valence-electron chi connectivity index (χ1n) is 5.26. The van der Waals surface area contributed by atoms with E-state index in [4.69, 9.17) is 0 Å². The van der Waals surface area contributed by atoms with Gasteiger partial charge in [-0.3, -0.25) is 10.6 Å². The maximum Gasteiger partial charge on any atom is 0.134 e. The van der Waals surface area contributed by atoms with Crippen LogP contribution in [0.4, 0.5) is 5.69 Å². The van der Waals surface area contributed by atoms with Crippen LogP contribution in [0.1, 0.15) is 5.56 Å². The number of nitrogens with zero attached hydrogens (tertiary/aromatic N) is 1. The minimum absolute atomic E-state index is 0.346. The van der Waals surface area contributed by atoms with Gasteiger partial charge in [-0.05, 0) is 18.1 Å². The lowest BCUT2D eigenvalue weighted by molar-refractivity contribution is 0.526. The number of para-hydroxylation sites is 1. The highest BCUT2D eigenvalue weighted by atomic mass is 15.4. The maximum absolute atomic E-state index is 3.45. The Kier molecular flexibility index (Phi) is 1.92. The molecule has 14 heavy (non-hydrogen) atoms. The first-order chi connectivity index (χ1) is 6.95. The van der Waals surface area contributed by atoms with E-state index in [-0.39, 0.29) is 0 Å². The molecule has 1 saturated heterocycles. The van der Waals surface area contributed by atoms with E-state index in [0.717, 1.165) is 19.6 Å². The average molecular weight is 189 g/mol. The van der Waals surface area contributed by atoms with E-state index in [0.29, 0.717) is 6.29 Å². The fraction of sp³-hybridized carbons (Fsp3) is 0.455. The van der Waals surface area contributed by atoms with Crippen LogP contribution in [-0.4, -0.2) is 25.9 Å². The van der Waals surface area contributed by atoms with Gasteiger partial charge in [-0.2, -0.15) is 0 Å². The summed E-state index contributed by atoms with van der Waals surface area (Å²) in [6.07, 6.45) is 1.52. The molecule has 1 aromatic rings. The smallest absolute Gasteiger partial charge is 0.134 e. The fourth-order valence-electron chi connectivity index (χ4n) is 2.34. The van der Waals surface area contributed by atoms with Gasteiger partial charge in [0.15, 0.2) is 0 Å². The minimum atomic E-state index is 0.346. The lowest BCUT2D eigenvalue weighted by Gasteiger charge is -2.26. The van der Waals surface area contributed by atoms with Crippen LogP contribution in [0.2, 0.25) is 0 Å². The van der Waals surface area contributed by atoms with Crippen molar-refractivity contribution in [3.8, 4) is 0 Å². The van der Waals surface area contributed by atoms with Crippen molar-refractivity contribution >= 4 is 5.69 Å². The van der Waals surface area contributed by atoms with Gasteiger partial charge in [-0.25, -0.2) is 0 Å². The summed E-state index contributed by atoms with van der Waals surface area (Å²) in [5.41, 5.74) is 2.86. The molecule has 1 aromatic carbocycles. The molecular formula is C11H15N3. The van der Waals surface area contributed by atoms with Crippen LogP contribution < -0.4 is 15.5 Å². The van der Waals surface area contributed by atoms with Crippen molar-refractivity contribution in [1.29, 1.82) is 0 Å². The molecule has 2 heterocycles. The molecule has 0 unspecified atom stereocenters. The number of rotatable bonds is 1. The molecule has 0 aromatic heterocycles. The van der Waals surface area contributed by atoms with Crippen molar-refractivity contribution in [2.45, 2.75) is 12.7 Å². The third kappa shape index (κ3) is 1.21. The van der Waals surface area contributed by atoms with Gasteiger partial charge >= 0.3 is 0 Å². The zero-order valence-corrected chi connectivity index (χ0v) is 8.16. The average Bonchev–Trinajstić information content (AvgIpc) is 2.85. The van der Waals surface area contributed by atoms with E-state index in [1.54, 1.807) is 0 Å². The number of benzene rings is 1. The summed E-state index contributed by atoms with van der Waals surface area (Å²) in [6.45, 7) is 3.27. The van der Waals surface area contributed by atoms with E-state index in [9.17, 15) is 0 Å². The highest BCUT2D eigenvalue weighted by Crippen LogP contribution is 2.28. The van der Waals surface area contributed by atoms with Gasteiger partial charge in [-0.15, -0.1) is 0 Å². The molecule has 74 valence electrons. The van der Waals surface area contributed by atoms with Gasteiger partial charge < -0.3 is 4.90 Å². The normalized spacial score (nSPS) is 21.6. The van der Waals surface area contributed by atoms with Gasteiger partial charge in [0, 0.05) is 25.3 Å². The van der Waals surface area contributed by atoms with Crippen LogP contribution in [0.3, 0.4) is 0 Å². The van der Waals surface area contributed by atoms with E-state index < -0.39 is 0 Å². The predicted molar refractivity (Wildman–Crippen MR) is 57.3 cm³/mol. The summed E-state index contributed by atoms with van der Waals surface area (Å²) in [4.78, 5) is 2.42. The quantitative estimate of drug-likeness (QED) is 0.674. The fourth-order valence-corrected chi connectivity index (χ4v) is 2.34. The van der Waals surface area contributed by atoms with E-state index >= 15 is 0 Å². The minimum Gasteiger partial charge on any atom is -0.343 e. The summed E-state index contributed by atoms with van der Waals surface area (Å²) >= 11 is 0. The van der Waals surface area contributed by atoms with Gasteiger partial charge in [0.05, 0.1) is 0 Å². The van der Waals surface area contributed by atoms with Gasteiger partial charge in [0.1, 0.15) is 6.29 Å². The van der Waals surface area contributed by atoms with Gasteiger partial charge in [-0.1, -0.05) is 18.2 Å². The molecule has 0 spiro atoms. The molecule has 0 atom stereocenters. The van der Waals surface area contributed by atoms with Crippen molar-refractivity contribution in [2.24, 2.45) is 0 Å². The third-order valence-corrected chi connectivity index (χ3v) is 3.04. The Morgan fingerprint density at radius 2 is 1.93 bits per heavy atom. The molecule has 3 heteroatoms. The third-order valence-electron chi connectivity index (χ3n) is 3.04. The molecule has 3 nitrogen and oxygen atoms in total. The molecule has 2 N–H and O–H groups in total. The molecule has 0 radical (unpaired) electrons. The molecule has 0 bridgehead atoms. The number of fused-ring (bicyclic) bond motifs is 1. The van der Waals surface area contributed by atoms with Gasteiger partial charge in [0.25, 0.3) is 0 Å². The number of hydrogen-bond donors (Lipinski definition) is 2. The van der Waals surface area contributed by atoms with Crippen LogP contribution in [-0.2, 0) is 6.42 Å². The van der Waals surface area contributed by atoms with Crippen LogP contribution in [0.15, 0.2) is 24.3 Å². The van der Waals surface area contributed by atoms with Crippen LogP contribution in [0.25, 0.3) is 0 Å². The maximum atomic E-state index is 3.45.